The van der Waals surface area contributed by atoms with Gasteiger partial charge in [-0.25, -0.2) is 0 Å². The lowest BCUT2D eigenvalue weighted by Gasteiger charge is -2.29. The van der Waals surface area contributed by atoms with Crippen LogP contribution in [0.15, 0.2) is 18.5 Å². The van der Waals surface area contributed by atoms with Crippen molar-refractivity contribution in [2.24, 2.45) is 0 Å². The Balaban J connectivity index is 2.97. The molecule has 1 rings (SSSR count). The molecule has 0 bridgehead atoms. The molecule has 0 saturated heterocycles. The zero-order valence-electron chi connectivity index (χ0n) is 9.97. The number of rotatable bonds is 5. The van der Waals surface area contributed by atoms with E-state index in [9.17, 15) is 0 Å². The highest BCUT2D eigenvalue weighted by atomic mass is 16.5. The summed E-state index contributed by atoms with van der Waals surface area (Å²) in [7, 11) is 1.67. The third-order valence-corrected chi connectivity index (χ3v) is 2.39. The highest BCUT2D eigenvalue weighted by Gasteiger charge is 2.14. The maximum Gasteiger partial charge on any atom is 0.101 e. The lowest BCUT2D eigenvalue weighted by Crippen LogP contribution is -2.34. The zero-order chi connectivity index (χ0) is 12.0. The zero-order valence-corrected chi connectivity index (χ0v) is 9.97. The van der Waals surface area contributed by atoms with Crippen molar-refractivity contribution in [3.05, 3.63) is 24.0 Å². The quantitative estimate of drug-likeness (QED) is 0.758. The number of hydrogen-bond donors (Lipinski definition) is 0. The molecule has 1 aromatic heterocycles. The van der Waals surface area contributed by atoms with E-state index < -0.39 is 0 Å². The molecule has 0 aliphatic rings. The summed E-state index contributed by atoms with van der Waals surface area (Å²) in [6, 6.07) is 4.23. The summed E-state index contributed by atoms with van der Waals surface area (Å²) in [6.45, 7) is 5.57. The van der Waals surface area contributed by atoms with Crippen LogP contribution in [0.5, 0.6) is 0 Å². The van der Waals surface area contributed by atoms with Gasteiger partial charge < -0.3 is 9.64 Å². The van der Waals surface area contributed by atoms with Crippen molar-refractivity contribution in [2.75, 3.05) is 25.2 Å². The predicted molar refractivity (Wildman–Crippen MR) is 63.3 cm³/mol. The first kappa shape index (κ1) is 12.5. The molecule has 86 valence electrons. The summed E-state index contributed by atoms with van der Waals surface area (Å²) in [5.74, 6) is 0. The lowest BCUT2D eigenvalue weighted by molar-refractivity contribution is 0.204. The Labute approximate surface area is 96.5 Å². The van der Waals surface area contributed by atoms with Crippen LogP contribution in [0.3, 0.4) is 0 Å². The third kappa shape index (κ3) is 2.94. The first-order valence-electron chi connectivity index (χ1n) is 5.30. The summed E-state index contributed by atoms with van der Waals surface area (Å²) in [5.41, 5.74) is 1.52. The van der Waals surface area contributed by atoms with E-state index in [1.165, 1.54) is 0 Å². The van der Waals surface area contributed by atoms with E-state index >= 15 is 0 Å². The normalized spacial score (nSPS) is 10.2. The third-order valence-electron chi connectivity index (χ3n) is 2.39. The summed E-state index contributed by atoms with van der Waals surface area (Å²) in [5, 5.41) is 9.04. The topological polar surface area (TPSA) is 49.1 Å². The predicted octanol–water partition coefficient (Wildman–Crippen LogP) is 1.81. The van der Waals surface area contributed by atoms with Gasteiger partial charge in [-0.15, -0.1) is 0 Å². The van der Waals surface area contributed by atoms with Gasteiger partial charge in [0.05, 0.1) is 24.1 Å². The van der Waals surface area contributed by atoms with Crippen LogP contribution in [0, 0.1) is 11.3 Å². The van der Waals surface area contributed by atoms with Crippen LogP contribution in [-0.4, -0.2) is 31.3 Å². The van der Waals surface area contributed by atoms with Crippen LogP contribution in [0.4, 0.5) is 5.69 Å². The molecule has 0 fully saturated rings. The summed E-state index contributed by atoms with van der Waals surface area (Å²) >= 11 is 0. The number of nitriles is 1. The van der Waals surface area contributed by atoms with Gasteiger partial charge in [0.15, 0.2) is 0 Å². The highest BCUT2D eigenvalue weighted by molar-refractivity contribution is 5.58. The average Bonchev–Trinajstić information content (AvgIpc) is 2.29. The van der Waals surface area contributed by atoms with Crippen LogP contribution in [0.2, 0.25) is 0 Å². The number of anilines is 1. The maximum absolute atomic E-state index is 9.04. The molecule has 0 aliphatic carbocycles. The lowest BCUT2D eigenvalue weighted by atomic mass is 10.2. The van der Waals surface area contributed by atoms with Crippen molar-refractivity contribution >= 4 is 5.69 Å². The van der Waals surface area contributed by atoms with Crippen molar-refractivity contribution in [1.29, 1.82) is 5.26 Å². The SMILES string of the molecule is COCCN(c1cnccc1C#N)C(C)C. The van der Waals surface area contributed by atoms with E-state index in [-0.39, 0.29) is 0 Å². The van der Waals surface area contributed by atoms with Crippen LogP contribution in [0.1, 0.15) is 19.4 Å². The minimum absolute atomic E-state index is 0.312. The van der Waals surface area contributed by atoms with E-state index in [0.29, 0.717) is 18.2 Å². The van der Waals surface area contributed by atoms with Crippen LogP contribution in [-0.2, 0) is 4.74 Å². The molecular weight excluding hydrogens is 202 g/mol. The molecule has 0 N–H and O–H groups in total. The standard InChI is InChI=1S/C12H17N3O/c1-10(2)15(6-7-16-3)12-9-14-5-4-11(12)8-13/h4-5,9-10H,6-7H2,1-3H3. The van der Waals surface area contributed by atoms with Gasteiger partial charge in [0.1, 0.15) is 6.07 Å². The number of hydrogen-bond acceptors (Lipinski definition) is 4. The van der Waals surface area contributed by atoms with Gasteiger partial charge in [0.2, 0.25) is 0 Å². The molecule has 0 spiro atoms. The molecule has 0 unspecified atom stereocenters. The Morgan fingerprint density at radius 3 is 2.88 bits per heavy atom. The molecule has 16 heavy (non-hydrogen) atoms. The Hall–Kier alpha value is -1.60. The molecule has 0 aliphatic heterocycles. The Morgan fingerprint density at radius 2 is 2.31 bits per heavy atom. The van der Waals surface area contributed by atoms with E-state index in [4.69, 9.17) is 10.00 Å². The molecule has 4 nitrogen and oxygen atoms in total. The molecular formula is C12H17N3O. The van der Waals surface area contributed by atoms with Crippen molar-refractivity contribution in [2.45, 2.75) is 19.9 Å². The second kappa shape index (κ2) is 6.09. The van der Waals surface area contributed by atoms with Crippen molar-refractivity contribution in [1.82, 2.24) is 4.98 Å². The summed E-state index contributed by atoms with van der Waals surface area (Å²) in [4.78, 5) is 6.19. The minimum Gasteiger partial charge on any atom is -0.383 e. The molecule has 1 heterocycles. The second-order valence-corrected chi connectivity index (χ2v) is 3.78. The Morgan fingerprint density at radius 1 is 1.56 bits per heavy atom. The fourth-order valence-corrected chi connectivity index (χ4v) is 1.56. The fraction of sp³-hybridized carbons (Fsp3) is 0.500. The van der Waals surface area contributed by atoms with Gasteiger partial charge in [-0.3, -0.25) is 4.98 Å². The van der Waals surface area contributed by atoms with E-state index in [1.54, 1.807) is 25.6 Å². The van der Waals surface area contributed by atoms with Gasteiger partial charge in [-0.05, 0) is 19.9 Å². The first-order chi connectivity index (χ1) is 7.70. The largest absolute Gasteiger partial charge is 0.383 e. The van der Waals surface area contributed by atoms with Gasteiger partial charge >= 0.3 is 0 Å². The molecule has 1 aromatic rings. The van der Waals surface area contributed by atoms with E-state index in [1.807, 2.05) is 0 Å². The van der Waals surface area contributed by atoms with Crippen molar-refractivity contribution in [3.63, 3.8) is 0 Å². The minimum atomic E-state index is 0.312. The summed E-state index contributed by atoms with van der Waals surface area (Å²) in [6.07, 6.45) is 3.37. The van der Waals surface area contributed by atoms with Crippen molar-refractivity contribution in [3.8, 4) is 6.07 Å². The number of pyridine rings is 1. The Kier molecular flexibility index (Phi) is 4.74. The second-order valence-electron chi connectivity index (χ2n) is 3.78. The smallest absolute Gasteiger partial charge is 0.101 e. The van der Waals surface area contributed by atoms with E-state index in [0.717, 1.165) is 12.2 Å². The van der Waals surface area contributed by atoms with Gasteiger partial charge in [0, 0.05) is 25.9 Å². The highest BCUT2D eigenvalue weighted by Crippen LogP contribution is 2.20. The number of ether oxygens (including phenoxy) is 1. The molecule has 0 saturated carbocycles. The fourth-order valence-electron chi connectivity index (χ4n) is 1.56. The van der Waals surface area contributed by atoms with Crippen LogP contribution < -0.4 is 4.90 Å². The monoisotopic (exact) mass is 219 g/mol. The van der Waals surface area contributed by atoms with Gasteiger partial charge in [-0.2, -0.15) is 5.26 Å². The van der Waals surface area contributed by atoms with Crippen LogP contribution in [0.25, 0.3) is 0 Å². The molecule has 0 amide bonds. The molecule has 0 atom stereocenters. The number of methoxy groups -OCH3 is 1. The van der Waals surface area contributed by atoms with Crippen molar-refractivity contribution < 1.29 is 4.74 Å². The molecule has 0 radical (unpaired) electrons. The first-order valence-corrected chi connectivity index (χ1v) is 5.30. The van der Waals surface area contributed by atoms with Gasteiger partial charge in [0.25, 0.3) is 0 Å². The molecule has 4 heteroatoms. The van der Waals surface area contributed by atoms with Gasteiger partial charge in [-0.1, -0.05) is 0 Å². The number of nitrogens with zero attached hydrogens (tertiary/aromatic N) is 3. The summed E-state index contributed by atoms with van der Waals surface area (Å²) < 4.78 is 5.07. The van der Waals surface area contributed by atoms with Crippen LogP contribution >= 0.6 is 0 Å². The average molecular weight is 219 g/mol. The number of aromatic nitrogens is 1. The maximum atomic E-state index is 9.04. The Bertz CT molecular complexity index is 371. The van der Waals surface area contributed by atoms with E-state index in [2.05, 4.69) is 29.8 Å². The molecule has 0 aromatic carbocycles.